The molecule has 2 nitrogen and oxygen atoms in total. The largest absolute Gasteiger partial charge is 0.399 e. The van der Waals surface area contributed by atoms with E-state index in [4.69, 9.17) is 5.73 Å². The molecule has 0 atom stereocenters. The van der Waals surface area contributed by atoms with Crippen LogP contribution >= 0.6 is 45.3 Å². The zero-order valence-electron chi connectivity index (χ0n) is 17.5. The maximum Gasteiger partial charge on any atom is 0.0789 e. The number of anilines is 1. The second kappa shape index (κ2) is 5.94. The summed E-state index contributed by atoms with van der Waals surface area (Å²) in [5.41, 5.74) is 14.2. The van der Waals surface area contributed by atoms with Crippen molar-refractivity contribution in [2.24, 2.45) is 7.05 Å². The number of hydrogen-bond donors (Lipinski definition) is 1. The molecule has 0 radical (unpaired) electrons. The molecule has 7 aromatic rings. The molecule has 0 fully saturated rings. The number of aryl methyl sites for hydroxylation is 4. The fraction of sp³-hybridized carbons (Fsp3) is 0.154. The number of thiophene rings is 4. The summed E-state index contributed by atoms with van der Waals surface area (Å²) < 4.78 is 11.0. The first-order valence-electron chi connectivity index (χ1n) is 10.7. The molecular formula is C26H18N2S4. The standard InChI is InChI=1S/C26H18N2S4/c1-11-3-5-13-14-7-8-16-22(21(14)29-17(13)9-11)31-25-20-26(32-23(16)25)24-19(28(20)2)15-6-4-12(27)10-18(15)30-24/h3-6,9-10H,7-8,27H2,1-2H3. The Morgan fingerprint density at radius 3 is 2.34 bits per heavy atom. The Morgan fingerprint density at radius 2 is 1.44 bits per heavy atom. The summed E-state index contributed by atoms with van der Waals surface area (Å²) in [5.74, 6) is 0. The Morgan fingerprint density at radius 1 is 0.719 bits per heavy atom. The van der Waals surface area contributed by atoms with Crippen molar-refractivity contribution in [2.75, 3.05) is 5.73 Å². The zero-order chi connectivity index (χ0) is 21.3. The summed E-state index contributed by atoms with van der Waals surface area (Å²) in [7, 11) is 2.24. The van der Waals surface area contributed by atoms with Gasteiger partial charge in [-0.15, -0.1) is 45.3 Å². The molecule has 5 heterocycles. The lowest BCUT2D eigenvalue weighted by molar-refractivity contribution is 0.975. The van der Waals surface area contributed by atoms with Crippen molar-refractivity contribution in [3.05, 3.63) is 53.1 Å². The van der Waals surface area contributed by atoms with Crippen LogP contribution in [0.25, 0.3) is 59.8 Å². The van der Waals surface area contributed by atoms with Gasteiger partial charge >= 0.3 is 0 Å². The van der Waals surface area contributed by atoms with Gasteiger partial charge in [-0.2, -0.15) is 0 Å². The van der Waals surface area contributed by atoms with Crippen LogP contribution in [0.2, 0.25) is 0 Å². The number of hydrogen-bond acceptors (Lipinski definition) is 5. The fourth-order valence-electron chi connectivity index (χ4n) is 5.47. The highest BCUT2D eigenvalue weighted by molar-refractivity contribution is 7.38. The quantitative estimate of drug-likeness (QED) is 0.214. The third kappa shape index (κ3) is 2.10. The van der Waals surface area contributed by atoms with E-state index < -0.39 is 0 Å². The van der Waals surface area contributed by atoms with Crippen molar-refractivity contribution in [1.82, 2.24) is 4.57 Å². The molecule has 0 bridgehead atoms. The van der Waals surface area contributed by atoms with Gasteiger partial charge in [0.15, 0.2) is 0 Å². The van der Waals surface area contributed by atoms with Crippen LogP contribution in [0.4, 0.5) is 5.69 Å². The van der Waals surface area contributed by atoms with Gasteiger partial charge in [0.05, 0.1) is 29.8 Å². The third-order valence-electron chi connectivity index (χ3n) is 6.94. The maximum atomic E-state index is 6.07. The number of nitrogens with two attached hydrogens (primary N) is 1. The van der Waals surface area contributed by atoms with Crippen molar-refractivity contribution in [3.8, 4) is 9.75 Å². The number of rotatable bonds is 0. The average molecular weight is 487 g/mol. The Hall–Kier alpha value is -2.38. The lowest BCUT2D eigenvalue weighted by Crippen LogP contribution is -1.98. The summed E-state index contributed by atoms with van der Waals surface area (Å²) in [6.07, 6.45) is 2.31. The van der Waals surface area contributed by atoms with E-state index in [1.165, 1.54) is 65.3 Å². The van der Waals surface area contributed by atoms with Gasteiger partial charge in [0.25, 0.3) is 0 Å². The Bertz CT molecular complexity index is 1920. The summed E-state index contributed by atoms with van der Waals surface area (Å²) in [6, 6.07) is 13.3. The minimum atomic E-state index is 0.843. The van der Waals surface area contributed by atoms with Crippen LogP contribution in [-0.2, 0) is 19.9 Å². The number of fused-ring (bicyclic) bond motifs is 13. The number of nitrogen functional groups attached to an aromatic ring is 1. The number of benzene rings is 2. The van der Waals surface area contributed by atoms with Crippen LogP contribution in [0.5, 0.6) is 0 Å². The zero-order valence-corrected chi connectivity index (χ0v) is 20.8. The highest BCUT2D eigenvalue weighted by Gasteiger charge is 2.29. The highest BCUT2D eigenvalue weighted by Crippen LogP contribution is 2.55. The molecule has 5 aromatic heterocycles. The molecule has 2 aromatic carbocycles. The second-order valence-corrected chi connectivity index (χ2v) is 13.0. The first kappa shape index (κ1) is 18.1. The van der Waals surface area contributed by atoms with E-state index in [9.17, 15) is 0 Å². The molecule has 6 heteroatoms. The van der Waals surface area contributed by atoms with E-state index in [1.54, 1.807) is 11.1 Å². The van der Waals surface area contributed by atoms with E-state index >= 15 is 0 Å². The molecule has 0 unspecified atom stereocenters. The molecule has 0 spiro atoms. The third-order valence-corrected chi connectivity index (χ3v) is 12.2. The molecule has 32 heavy (non-hydrogen) atoms. The highest BCUT2D eigenvalue weighted by atomic mass is 32.1. The predicted molar refractivity (Wildman–Crippen MR) is 146 cm³/mol. The second-order valence-electron chi connectivity index (χ2n) is 8.85. The molecule has 8 rings (SSSR count). The van der Waals surface area contributed by atoms with Gasteiger partial charge in [0.2, 0.25) is 0 Å². The van der Waals surface area contributed by atoms with Crippen molar-refractivity contribution >= 4 is 101 Å². The molecule has 0 saturated carbocycles. The molecule has 156 valence electrons. The minimum absolute atomic E-state index is 0.843. The van der Waals surface area contributed by atoms with Gasteiger partial charge in [0, 0.05) is 37.3 Å². The minimum Gasteiger partial charge on any atom is -0.399 e. The fourth-order valence-corrected chi connectivity index (χ4v) is 11.4. The van der Waals surface area contributed by atoms with Crippen LogP contribution < -0.4 is 5.73 Å². The Labute approximate surface area is 200 Å². The van der Waals surface area contributed by atoms with E-state index in [0.29, 0.717) is 0 Å². The lowest BCUT2D eigenvalue weighted by Gasteiger charge is -2.12. The molecule has 1 aliphatic carbocycles. The van der Waals surface area contributed by atoms with Crippen LogP contribution in [0, 0.1) is 6.92 Å². The topological polar surface area (TPSA) is 30.9 Å². The maximum absolute atomic E-state index is 6.07. The smallest absolute Gasteiger partial charge is 0.0789 e. The van der Waals surface area contributed by atoms with Crippen molar-refractivity contribution < 1.29 is 0 Å². The first-order chi connectivity index (χ1) is 15.6. The van der Waals surface area contributed by atoms with Gasteiger partial charge in [-0.1, -0.05) is 12.1 Å². The average Bonchev–Trinajstić information content (AvgIpc) is 3.52. The van der Waals surface area contributed by atoms with Crippen LogP contribution in [-0.4, -0.2) is 4.57 Å². The normalized spacial score (nSPS) is 13.8. The molecule has 2 N–H and O–H groups in total. The van der Waals surface area contributed by atoms with E-state index in [1.807, 2.05) is 51.4 Å². The predicted octanol–water partition coefficient (Wildman–Crippen LogP) is 8.69. The molecule has 0 amide bonds. The van der Waals surface area contributed by atoms with Crippen LogP contribution in [0.3, 0.4) is 0 Å². The lowest BCUT2D eigenvalue weighted by atomic mass is 9.95. The van der Waals surface area contributed by atoms with Crippen LogP contribution in [0.1, 0.15) is 16.7 Å². The van der Waals surface area contributed by atoms with E-state index in [-0.39, 0.29) is 0 Å². The van der Waals surface area contributed by atoms with Gasteiger partial charge in [-0.05, 0) is 66.1 Å². The van der Waals surface area contributed by atoms with Gasteiger partial charge in [-0.3, -0.25) is 0 Å². The van der Waals surface area contributed by atoms with Crippen LogP contribution in [0.15, 0.2) is 36.4 Å². The number of aromatic nitrogens is 1. The summed E-state index contributed by atoms with van der Waals surface area (Å²) in [4.78, 5) is 3.04. The van der Waals surface area contributed by atoms with Crippen molar-refractivity contribution in [3.63, 3.8) is 0 Å². The first-order valence-corrected chi connectivity index (χ1v) is 14.0. The van der Waals surface area contributed by atoms with Gasteiger partial charge in [0.1, 0.15) is 0 Å². The molecule has 1 aliphatic rings. The van der Waals surface area contributed by atoms with Gasteiger partial charge in [-0.25, -0.2) is 0 Å². The molecule has 0 aliphatic heterocycles. The van der Waals surface area contributed by atoms with Crippen molar-refractivity contribution in [1.29, 1.82) is 0 Å². The monoisotopic (exact) mass is 486 g/mol. The Balaban J connectivity index is 1.46. The van der Waals surface area contributed by atoms with E-state index in [0.717, 1.165) is 18.5 Å². The van der Waals surface area contributed by atoms with E-state index in [2.05, 4.69) is 48.9 Å². The number of nitrogens with zero attached hydrogens (tertiary/aromatic N) is 1. The summed E-state index contributed by atoms with van der Waals surface area (Å²) in [6.45, 7) is 2.19. The van der Waals surface area contributed by atoms with Crippen molar-refractivity contribution in [2.45, 2.75) is 19.8 Å². The molecule has 0 saturated heterocycles. The molecular weight excluding hydrogens is 469 g/mol. The summed E-state index contributed by atoms with van der Waals surface area (Å²) in [5, 5.41) is 2.79. The summed E-state index contributed by atoms with van der Waals surface area (Å²) >= 11 is 7.92. The van der Waals surface area contributed by atoms with Gasteiger partial charge < -0.3 is 10.3 Å². The SMILES string of the molecule is Cc1ccc2c3c(sc2c1)-c1sc2c(sc4c5sc6cc(N)ccc6c5n(C)c24)c1CC3. The Kier molecular flexibility index (Phi) is 3.36.